The third-order valence-corrected chi connectivity index (χ3v) is 6.72. The maximum atomic E-state index is 12.8. The van der Waals surface area contributed by atoms with Gasteiger partial charge in [-0.1, -0.05) is 12.8 Å². The molecule has 22 heavy (non-hydrogen) atoms. The lowest BCUT2D eigenvalue weighted by Gasteiger charge is -2.38. The fourth-order valence-corrected chi connectivity index (χ4v) is 4.85. The van der Waals surface area contributed by atoms with Crippen LogP contribution in [0.2, 0.25) is 0 Å². The minimum absolute atomic E-state index is 0.227. The van der Waals surface area contributed by atoms with Gasteiger partial charge in [0.1, 0.15) is 0 Å². The summed E-state index contributed by atoms with van der Waals surface area (Å²) < 4.78 is 0. The van der Waals surface area contributed by atoms with E-state index in [0.29, 0.717) is 17.6 Å². The molecule has 1 unspecified atom stereocenters. The first kappa shape index (κ1) is 14.8. The summed E-state index contributed by atoms with van der Waals surface area (Å²) in [5.74, 6) is 0.791. The molecule has 2 amide bonds. The summed E-state index contributed by atoms with van der Waals surface area (Å²) in [6, 6.07) is 1.11. The summed E-state index contributed by atoms with van der Waals surface area (Å²) in [4.78, 5) is 17.5. The minimum atomic E-state index is 0.227. The van der Waals surface area contributed by atoms with Crippen LogP contribution in [0.3, 0.4) is 0 Å². The number of nitrogens with zero attached hydrogens (tertiary/aromatic N) is 2. The fourth-order valence-electron chi connectivity index (χ4n) is 4.85. The Kier molecular flexibility index (Phi) is 3.83. The van der Waals surface area contributed by atoms with Gasteiger partial charge < -0.3 is 10.2 Å². The molecular formula is C18H31N3O. The maximum absolute atomic E-state index is 12.8. The molecular weight excluding hydrogens is 274 g/mol. The molecule has 1 N–H and O–H groups in total. The van der Waals surface area contributed by atoms with Crippen LogP contribution in [0, 0.1) is 5.92 Å². The van der Waals surface area contributed by atoms with Gasteiger partial charge in [-0.25, -0.2) is 4.79 Å². The molecule has 4 nitrogen and oxygen atoms in total. The SMILES string of the molecule is CN1CC(NC(=O)N(CC2CC2)C2CCC2)CC12CCCC2. The van der Waals surface area contributed by atoms with Crippen molar-refractivity contribution in [2.75, 3.05) is 20.1 Å². The normalized spacial score (nSPS) is 31.4. The van der Waals surface area contributed by atoms with Crippen LogP contribution in [0.4, 0.5) is 4.79 Å². The van der Waals surface area contributed by atoms with Crippen LogP contribution in [-0.4, -0.2) is 53.6 Å². The number of likely N-dealkylation sites (tertiary alicyclic amines) is 1. The molecule has 4 rings (SSSR count). The van der Waals surface area contributed by atoms with Crippen LogP contribution < -0.4 is 5.32 Å². The van der Waals surface area contributed by atoms with E-state index in [2.05, 4.69) is 22.2 Å². The van der Waals surface area contributed by atoms with Crippen LogP contribution in [0.5, 0.6) is 0 Å². The zero-order valence-electron chi connectivity index (χ0n) is 14.0. The molecule has 124 valence electrons. The van der Waals surface area contributed by atoms with E-state index < -0.39 is 0 Å². The highest BCUT2D eigenvalue weighted by Gasteiger charge is 2.46. The second-order valence-corrected chi connectivity index (χ2v) is 8.34. The van der Waals surface area contributed by atoms with Crippen molar-refractivity contribution in [3.05, 3.63) is 0 Å². The molecule has 1 atom stereocenters. The van der Waals surface area contributed by atoms with Gasteiger partial charge in [0.15, 0.2) is 0 Å². The number of hydrogen-bond donors (Lipinski definition) is 1. The predicted molar refractivity (Wildman–Crippen MR) is 87.8 cm³/mol. The molecule has 1 heterocycles. The van der Waals surface area contributed by atoms with E-state index in [-0.39, 0.29) is 6.03 Å². The summed E-state index contributed by atoms with van der Waals surface area (Å²) in [5, 5.41) is 3.39. The maximum Gasteiger partial charge on any atom is 0.317 e. The third-order valence-electron chi connectivity index (χ3n) is 6.72. The molecule has 4 fully saturated rings. The average molecular weight is 305 g/mol. The molecule has 1 aliphatic heterocycles. The van der Waals surface area contributed by atoms with E-state index in [0.717, 1.165) is 25.4 Å². The van der Waals surface area contributed by atoms with Gasteiger partial charge >= 0.3 is 6.03 Å². The van der Waals surface area contributed by atoms with Crippen molar-refractivity contribution >= 4 is 6.03 Å². The number of amides is 2. The van der Waals surface area contributed by atoms with Crippen molar-refractivity contribution in [1.29, 1.82) is 0 Å². The van der Waals surface area contributed by atoms with Crippen molar-refractivity contribution in [3.63, 3.8) is 0 Å². The molecule has 0 radical (unpaired) electrons. The Morgan fingerprint density at radius 2 is 1.91 bits per heavy atom. The Morgan fingerprint density at radius 3 is 2.50 bits per heavy atom. The summed E-state index contributed by atoms with van der Waals surface area (Å²) >= 11 is 0. The monoisotopic (exact) mass is 305 g/mol. The molecule has 1 spiro atoms. The Morgan fingerprint density at radius 1 is 1.18 bits per heavy atom. The topological polar surface area (TPSA) is 35.6 Å². The lowest BCUT2D eigenvalue weighted by atomic mass is 9.91. The number of hydrogen-bond acceptors (Lipinski definition) is 2. The quantitative estimate of drug-likeness (QED) is 0.867. The van der Waals surface area contributed by atoms with E-state index in [1.54, 1.807) is 0 Å². The van der Waals surface area contributed by atoms with Gasteiger partial charge in [0.25, 0.3) is 0 Å². The van der Waals surface area contributed by atoms with Crippen LogP contribution in [0.15, 0.2) is 0 Å². The Balaban J connectivity index is 1.36. The molecule has 0 bridgehead atoms. The lowest BCUT2D eigenvalue weighted by molar-refractivity contribution is 0.131. The van der Waals surface area contributed by atoms with Crippen LogP contribution in [0.25, 0.3) is 0 Å². The number of carbonyl (C=O) groups is 1. The molecule has 0 aromatic carbocycles. The number of urea groups is 1. The van der Waals surface area contributed by atoms with Crippen molar-refractivity contribution < 1.29 is 4.79 Å². The van der Waals surface area contributed by atoms with Crippen molar-refractivity contribution in [2.24, 2.45) is 5.92 Å². The molecule has 4 aliphatic rings. The standard InChI is InChI=1S/C18H31N3O/c1-20-13-15(11-18(20)9-2-3-10-18)19-17(22)21(12-14-7-8-14)16-5-4-6-16/h14-16H,2-13H2,1H3,(H,19,22). The number of carbonyl (C=O) groups excluding carboxylic acids is 1. The zero-order chi connectivity index (χ0) is 15.2. The highest BCUT2D eigenvalue weighted by molar-refractivity contribution is 5.75. The first-order valence-electron chi connectivity index (χ1n) is 9.45. The van der Waals surface area contributed by atoms with Crippen molar-refractivity contribution in [1.82, 2.24) is 15.1 Å². The molecule has 3 aliphatic carbocycles. The van der Waals surface area contributed by atoms with Gasteiger partial charge in [0.05, 0.1) is 0 Å². The van der Waals surface area contributed by atoms with Crippen LogP contribution >= 0.6 is 0 Å². The predicted octanol–water partition coefficient (Wildman–Crippen LogP) is 2.98. The van der Waals surface area contributed by atoms with Gasteiger partial charge in [-0.2, -0.15) is 0 Å². The summed E-state index contributed by atoms with van der Waals surface area (Å²) in [6.07, 6.45) is 12.9. The van der Waals surface area contributed by atoms with Gasteiger partial charge in [-0.3, -0.25) is 4.90 Å². The molecule has 1 saturated heterocycles. The molecule has 0 aromatic heterocycles. The first-order valence-corrected chi connectivity index (χ1v) is 9.45. The highest BCUT2D eigenvalue weighted by Crippen LogP contribution is 2.42. The Bertz CT molecular complexity index is 424. The molecule has 0 aromatic rings. The lowest BCUT2D eigenvalue weighted by Crippen LogP contribution is -2.52. The minimum Gasteiger partial charge on any atom is -0.334 e. The number of nitrogens with one attached hydrogen (secondary N) is 1. The van der Waals surface area contributed by atoms with Crippen LogP contribution in [-0.2, 0) is 0 Å². The number of likely N-dealkylation sites (N-methyl/N-ethyl adjacent to an activating group) is 1. The summed E-state index contributed by atoms with van der Waals surface area (Å²) in [5.41, 5.74) is 0.399. The van der Waals surface area contributed by atoms with Gasteiger partial charge in [0.2, 0.25) is 0 Å². The van der Waals surface area contributed by atoms with E-state index in [9.17, 15) is 4.79 Å². The zero-order valence-corrected chi connectivity index (χ0v) is 14.0. The third kappa shape index (κ3) is 2.75. The van der Waals surface area contributed by atoms with Gasteiger partial charge in [0, 0.05) is 30.7 Å². The second kappa shape index (κ2) is 5.70. The average Bonchev–Trinajstić information content (AvgIpc) is 3.03. The smallest absolute Gasteiger partial charge is 0.317 e. The van der Waals surface area contributed by atoms with E-state index in [1.165, 1.54) is 57.8 Å². The first-order chi connectivity index (χ1) is 10.7. The largest absolute Gasteiger partial charge is 0.334 e. The second-order valence-electron chi connectivity index (χ2n) is 8.34. The molecule has 3 saturated carbocycles. The van der Waals surface area contributed by atoms with Crippen molar-refractivity contribution in [2.45, 2.75) is 81.8 Å². The Hall–Kier alpha value is -0.770. The van der Waals surface area contributed by atoms with Crippen molar-refractivity contribution in [3.8, 4) is 0 Å². The summed E-state index contributed by atoms with van der Waals surface area (Å²) in [7, 11) is 2.26. The van der Waals surface area contributed by atoms with E-state index in [4.69, 9.17) is 0 Å². The van der Waals surface area contributed by atoms with Crippen LogP contribution in [0.1, 0.15) is 64.2 Å². The van der Waals surface area contributed by atoms with E-state index in [1.807, 2.05) is 0 Å². The Labute approximate surface area is 134 Å². The molecule has 4 heteroatoms. The summed E-state index contributed by atoms with van der Waals surface area (Å²) in [6.45, 7) is 2.04. The highest BCUT2D eigenvalue weighted by atomic mass is 16.2. The van der Waals surface area contributed by atoms with Gasteiger partial charge in [-0.05, 0) is 64.3 Å². The van der Waals surface area contributed by atoms with Gasteiger partial charge in [-0.15, -0.1) is 0 Å². The fraction of sp³-hybridized carbons (Fsp3) is 0.944. The number of rotatable bonds is 4. The van der Waals surface area contributed by atoms with E-state index >= 15 is 0 Å².